The van der Waals surface area contributed by atoms with Crippen LogP contribution in [0.5, 0.6) is 11.5 Å². The molecule has 2 rings (SSSR count). The number of hydrogen-bond donors (Lipinski definition) is 1. The second kappa shape index (κ2) is 5.42. The second-order valence-electron chi connectivity index (χ2n) is 3.69. The quantitative estimate of drug-likeness (QED) is 0.674. The molecule has 0 saturated carbocycles. The van der Waals surface area contributed by atoms with Gasteiger partial charge in [-0.15, -0.1) is 0 Å². The summed E-state index contributed by atoms with van der Waals surface area (Å²) < 4.78 is 5.11. The summed E-state index contributed by atoms with van der Waals surface area (Å²) in [6.07, 6.45) is 0. The lowest BCUT2D eigenvalue weighted by atomic mass is 10.2. The monoisotopic (exact) mass is 273 g/mol. The van der Waals surface area contributed by atoms with Gasteiger partial charge in [-0.3, -0.25) is 0 Å². The van der Waals surface area contributed by atoms with Crippen molar-refractivity contribution in [3.05, 3.63) is 58.6 Å². The third-order valence-electron chi connectivity index (χ3n) is 2.37. The molecule has 0 atom stereocenters. The summed E-state index contributed by atoms with van der Waals surface area (Å²) in [6, 6.07) is 12.1. The molecule has 2 aromatic rings. The standard InChI is InChI=1S/C14H8ClNO3/c15-13-7-10(17)3-6-12(13)14(18)19-11-4-1-9(8-16)2-5-11/h1-7,17H. The van der Waals surface area contributed by atoms with Crippen molar-refractivity contribution in [3.8, 4) is 17.6 Å². The van der Waals surface area contributed by atoms with E-state index in [0.29, 0.717) is 11.3 Å². The molecule has 0 amide bonds. The highest BCUT2D eigenvalue weighted by Crippen LogP contribution is 2.23. The molecule has 0 aliphatic carbocycles. The fraction of sp³-hybridized carbons (Fsp3) is 0. The van der Waals surface area contributed by atoms with Crippen molar-refractivity contribution in [2.75, 3.05) is 0 Å². The van der Waals surface area contributed by atoms with Crippen LogP contribution in [0.15, 0.2) is 42.5 Å². The summed E-state index contributed by atoms with van der Waals surface area (Å²) in [4.78, 5) is 11.8. The van der Waals surface area contributed by atoms with E-state index < -0.39 is 5.97 Å². The van der Waals surface area contributed by atoms with Gasteiger partial charge in [-0.1, -0.05) is 11.6 Å². The Balaban J connectivity index is 2.18. The largest absolute Gasteiger partial charge is 0.508 e. The van der Waals surface area contributed by atoms with E-state index in [9.17, 15) is 9.90 Å². The molecule has 0 aliphatic heterocycles. The fourth-order valence-corrected chi connectivity index (χ4v) is 1.68. The topological polar surface area (TPSA) is 70.3 Å². The Kier molecular flexibility index (Phi) is 3.69. The zero-order chi connectivity index (χ0) is 13.8. The van der Waals surface area contributed by atoms with Gasteiger partial charge < -0.3 is 9.84 Å². The highest BCUT2D eigenvalue weighted by atomic mass is 35.5. The number of aromatic hydroxyl groups is 1. The molecule has 0 saturated heterocycles. The fourth-order valence-electron chi connectivity index (χ4n) is 1.43. The van der Waals surface area contributed by atoms with E-state index in [1.165, 1.54) is 30.3 Å². The van der Waals surface area contributed by atoms with Crippen LogP contribution < -0.4 is 4.74 Å². The molecule has 5 heteroatoms. The van der Waals surface area contributed by atoms with Crippen LogP contribution in [0, 0.1) is 11.3 Å². The number of ether oxygens (including phenoxy) is 1. The van der Waals surface area contributed by atoms with Gasteiger partial charge in [0.15, 0.2) is 0 Å². The van der Waals surface area contributed by atoms with Crippen LogP contribution in [0.3, 0.4) is 0 Å². The first-order chi connectivity index (χ1) is 9.10. The number of rotatable bonds is 2. The molecule has 0 spiro atoms. The average molecular weight is 274 g/mol. The second-order valence-corrected chi connectivity index (χ2v) is 4.10. The first-order valence-corrected chi connectivity index (χ1v) is 5.69. The average Bonchev–Trinajstić information content (AvgIpc) is 2.39. The summed E-state index contributed by atoms with van der Waals surface area (Å²) in [7, 11) is 0. The number of halogens is 1. The lowest BCUT2D eigenvalue weighted by molar-refractivity contribution is 0.0735. The van der Waals surface area contributed by atoms with Crippen LogP contribution in [0.2, 0.25) is 5.02 Å². The van der Waals surface area contributed by atoms with Gasteiger partial charge in [-0.25, -0.2) is 4.79 Å². The number of nitrogens with zero attached hydrogens (tertiary/aromatic N) is 1. The predicted molar refractivity (Wildman–Crippen MR) is 69.2 cm³/mol. The van der Waals surface area contributed by atoms with Crippen molar-refractivity contribution in [1.82, 2.24) is 0 Å². The minimum atomic E-state index is -0.630. The molecule has 2 aromatic carbocycles. The molecule has 94 valence electrons. The molecule has 0 radical (unpaired) electrons. The van der Waals surface area contributed by atoms with Gasteiger partial charge in [0, 0.05) is 0 Å². The SMILES string of the molecule is N#Cc1ccc(OC(=O)c2ccc(O)cc2Cl)cc1. The molecular formula is C14H8ClNO3. The highest BCUT2D eigenvalue weighted by Gasteiger charge is 2.13. The maximum atomic E-state index is 11.8. The van der Waals surface area contributed by atoms with Gasteiger partial charge in [0.25, 0.3) is 0 Å². The Morgan fingerprint density at radius 2 is 1.89 bits per heavy atom. The normalized spacial score (nSPS) is 9.68. The molecule has 19 heavy (non-hydrogen) atoms. The minimum absolute atomic E-state index is 0.0278. The molecule has 0 aromatic heterocycles. The molecular weight excluding hydrogens is 266 g/mol. The molecule has 1 N–H and O–H groups in total. The van der Waals surface area contributed by atoms with E-state index in [-0.39, 0.29) is 16.3 Å². The van der Waals surface area contributed by atoms with Crippen molar-refractivity contribution in [2.24, 2.45) is 0 Å². The third-order valence-corrected chi connectivity index (χ3v) is 2.68. The smallest absolute Gasteiger partial charge is 0.345 e. The van der Waals surface area contributed by atoms with Crippen LogP contribution in [0.25, 0.3) is 0 Å². The molecule has 0 aliphatic rings. The molecule has 0 fully saturated rings. The Hall–Kier alpha value is -2.51. The number of hydrogen-bond acceptors (Lipinski definition) is 4. The van der Waals surface area contributed by atoms with Crippen LogP contribution in [0.1, 0.15) is 15.9 Å². The van der Waals surface area contributed by atoms with Gasteiger partial charge in [0.2, 0.25) is 0 Å². The van der Waals surface area contributed by atoms with Crippen LogP contribution >= 0.6 is 11.6 Å². The van der Waals surface area contributed by atoms with Crippen LogP contribution in [-0.2, 0) is 0 Å². The Morgan fingerprint density at radius 1 is 1.21 bits per heavy atom. The maximum absolute atomic E-state index is 11.8. The Labute approximate surface area is 114 Å². The van der Waals surface area contributed by atoms with E-state index in [1.807, 2.05) is 6.07 Å². The molecule has 0 unspecified atom stereocenters. The predicted octanol–water partition coefficient (Wildman–Crippen LogP) is 3.14. The van der Waals surface area contributed by atoms with Crippen LogP contribution in [0.4, 0.5) is 0 Å². The Bertz CT molecular complexity index is 659. The van der Waals surface area contributed by atoms with E-state index in [1.54, 1.807) is 12.1 Å². The summed E-state index contributed by atoms with van der Waals surface area (Å²) in [5.74, 6) is -0.345. The number of benzene rings is 2. The van der Waals surface area contributed by atoms with E-state index in [2.05, 4.69) is 0 Å². The Morgan fingerprint density at radius 3 is 2.47 bits per heavy atom. The van der Waals surface area contributed by atoms with Gasteiger partial charge in [-0.05, 0) is 42.5 Å². The number of phenols is 1. The summed E-state index contributed by atoms with van der Waals surface area (Å²) in [5, 5.41) is 18.0. The minimum Gasteiger partial charge on any atom is -0.508 e. The lowest BCUT2D eigenvalue weighted by Gasteiger charge is -2.06. The van der Waals surface area contributed by atoms with Gasteiger partial charge in [0.05, 0.1) is 22.2 Å². The van der Waals surface area contributed by atoms with Gasteiger partial charge >= 0.3 is 5.97 Å². The van der Waals surface area contributed by atoms with E-state index in [4.69, 9.17) is 21.6 Å². The van der Waals surface area contributed by atoms with Crippen molar-refractivity contribution < 1.29 is 14.6 Å². The maximum Gasteiger partial charge on any atom is 0.345 e. The highest BCUT2D eigenvalue weighted by molar-refractivity contribution is 6.33. The molecule has 4 nitrogen and oxygen atoms in total. The number of carbonyl (C=O) groups is 1. The first-order valence-electron chi connectivity index (χ1n) is 5.31. The van der Waals surface area contributed by atoms with E-state index >= 15 is 0 Å². The first kappa shape index (κ1) is 12.9. The van der Waals surface area contributed by atoms with Crippen molar-refractivity contribution in [1.29, 1.82) is 5.26 Å². The van der Waals surface area contributed by atoms with Gasteiger partial charge in [-0.2, -0.15) is 5.26 Å². The summed E-state index contributed by atoms with van der Waals surface area (Å²) >= 11 is 5.83. The van der Waals surface area contributed by atoms with Crippen molar-refractivity contribution in [2.45, 2.75) is 0 Å². The van der Waals surface area contributed by atoms with Crippen molar-refractivity contribution in [3.63, 3.8) is 0 Å². The molecule has 0 heterocycles. The summed E-state index contributed by atoms with van der Waals surface area (Å²) in [6.45, 7) is 0. The zero-order valence-electron chi connectivity index (χ0n) is 9.63. The lowest BCUT2D eigenvalue weighted by Crippen LogP contribution is -2.08. The number of phenolic OH excluding ortho intramolecular Hbond substituents is 1. The van der Waals surface area contributed by atoms with E-state index in [0.717, 1.165) is 0 Å². The molecule has 0 bridgehead atoms. The van der Waals surface area contributed by atoms with Crippen molar-refractivity contribution >= 4 is 17.6 Å². The number of carbonyl (C=O) groups excluding carboxylic acids is 1. The summed E-state index contributed by atoms with van der Waals surface area (Å²) in [5.41, 5.74) is 0.631. The third kappa shape index (κ3) is 3.03. The van der Waals surface area contributed by atoms with Crippen LogP contribution in [-0.4, -0.2) is 11.1 Å². The number of esters is 1. The number of nitriles is 1. The zero-order valence-corrected chi connectivity index (χ0v) is 10.4. The van der Waals surface area contributed by atoms with Gasteiger partial charge in [0.1, 0.15) is 11.5 Å².